The number of nitrogens with one attached hydrogen (secondary N) is 1. The third kappa shape index (κ3) is 5.83. The average Bonchev–Trinajstić information content (AvgIpc) is 2.51. The summed E-state index contributed by atoms with van der Waals surface area (Å²) in [6, 6.07) is 0.626. The standard InChI is InChI=1S/C13H28N2O/c1-11(2)8-15(10-13(3,4)16)9-12-6-5-7-14-12/h11-12,14,16H,5-10H2,1-4H3. The van der Waals surface area contributed by atoms with Crippen LogP contribution in [-0.2, 0) is 0 Å². The SMILES string of the molecule is CC(C)CN(CC1CCCN1)CC(C)(C)O. The molecule has 96 valence electrons. The summed E-state index contributed by atoms with van der Waals surface area (Å²) in [5, 5.41) is 13.4. The maximum absolute atomic E-state index is 9.91. The molecule has 1 fully saturated rings. The largest absolute Gasteiger partial charge is 0.389 e. The first-order chi connectivity index (χ1) is 7.37. The number of aliphatic hydroxyl groups is 1. The maximum atomic E-state index is 9.91. The summed E-state index contributed by atoms with van der Waals surface area (Å²) < 4.78 is 0. The van der Waals surface area contributed by atoms with Gasteiger partial charge in [-0.15, -0.1) is 0 Å². The zero-order valence-electron chi connectivity index (χ0n) is 11.3. The molecule has 1 unspecified atom stereocenters. The summed E-state index contributed by atoms with van der Waals surface area (Å²) in [6.45, 7) is 12.3. The Morgan fingerprint density at radius 3 is 2.56 bits per heavy atom. The Balaban J connectivity index is 2.42. The predicted molar refractivity (Wildman–Crippen MR) is 68.6 cm³/mol. The number of rotatable bonds is 6. The lowest BCUT2D eigenvalue weighted by atomic mass is 10.1. The molecule has 0 amide bonds. The van der Waals surface area contributed by atoms with E-state index in [9.17, 15) is 5.11 Å². The number of hydrogen-bond acceptors (Lipinski definition) is 3. The molecule has 0 saturated carbocycles. The van der Waals surface area contributed by atoms with Crippen LogP contribution < -0.4 is 5.32 Å². The zero-order valence-corrected chi connectivity index (χ0v) is 11.3. The van der Waals surface area contributed by atoms with Crippen LogP contribution in [0.15, 0.2) is 0 Å². The van der Waals surface area contributed by atoms with Crippen LogP contribution in [0.5, 0.6) is 0 Å². The molecular weight excluding hydrogens is 200 g/mol. The Morgan fingerprint density at radius 2 is 2.12 bits per heavy atom. The Labute approximate surface area is 100 Å². The maximum Gasteiger partial charge on any atom is 0.0718 e. The van der Waals surface area contributed by atoms with Crippen molar-refractivity contribution in [2.45, 2.75) is 52.2 Å². The van der Waals surface area contributed by atoms with Crippen molar-refractivity contribution < 1.29 is 5.11 Å². The van der Waals surface area contributed by atoms with Crippen LogP contribution in [0.25, 0.3) is 0 Å². The van der Waals surface area contributed by atoms with E-state index in [1.807, 2.05) is 13.8 Å². The molecule has 0 spiro atoms. The fraction of sp³-hybridized carbons (Fsp3) is 1.00. The minimum absolute atomic E-state index is 0.590. The first kappa shape index (κ1) is 13.9. The van der Waals surface area contributed by atoms with E-state index >= 15 is 0 Å². The van der Waals surface area contributed by atoms with Crippen molar-refractivity contribution in [3.63, 3.8) is 0 Å². The van der Waals surface area contributed by atoms with Crippen molar-refractivity contribution in [3.8, 4) is 0 Å². The van der Waals surface area contributed by atoms with E-state index in [0.717, 1.165) is 26.2 Å². The summed E-state index contributed by atoms with van der Waals surface area (Å²) in [6.07, 6.45) is 2.57. The van der Waals surface area contributed by atoms with Gasteiger partial charge in [-0.2, -0.15) is 0 Å². The van der Waals surface area contributed by atoms with E-state index in [-0.39, 0.29) is 0 Å². The lowest BCUT2D eigenvalue weighted by Gasteiger charge is -2.32. The van der Waals surface area contributed by atoms with Crippen LogP contribution >= 0.6 is 0 Å². The molecule has 2 N–H and O–H groups in total. The molecule has 0 bridgehead atoms. The molecule has 1 heterocycles. The fourth-order valence-corrected chi connectivity index (χ4v) is 2.49. The highest BCUT2D eigenvalue weighted by Crippen LogP contribution is 2.12. The highest BCUT2D eigenvalue weighted by Gasteiger charge is 2.23. The summed E-state index contributed by atoms with van der Waals surface area (Å²) in [4.78, 5) is 2.40. The topological polar surface area (TPSA) is 35.5 Å². The molecule has 16 heavy (non-hydrogen) atoms. The predicted octanol–water partition coefficient (Wildman–Crippen LogP) is 1.47. The molecule has 1 aliphatic heterocycles. The third-order valence-corrected chi connectivity index (χ3v) is 2.87. The molecule has 3 nitrogen and oxygen atoms in total. The Bertz CT molecular complexity index is 193. The van der Waals surface area contributed by atoms with Crippen LogP contribution in [0, 0.1) is 5.92 Å². The first-order valence-electron chi connectivity index (χ1n) is 6.55. The summed E-state index contributed by atoms with van der Waals surface area (Å²) in [7, 11) is 0. The van der Waals surface area contributed by atoms with Crippen LogP contribution in [-0.4, -0.2) is 47.8 Å². The van der Waals surface area contributed by atoms with Gasteiger partial charge in [-0.25, -0.2) is 0 Å². The molecule has 1 saturated heterocycles. The van der Waals surface area contributed by atoms with Crippen molar-refractivity contribution in [2.24, 2.45) is 5.92 Å². The molecule has 0 aromatic heterocycles. The summed E-state index contributed by atoms with van der Waals surface area (Å²) in [5.74, 6) is 0.656. The second-order valence-corrected chi connectivity index (χ2v) is 6.19. The zero-order chi connectivity index (χ0) is 12.2. The lowest BCUT2D eigenvalue weighted by molar-refractivity contribution is 0.0300. The lowest BCUT2D eigenvalue weighted by Crippen LogP contribution is -2.45. The summed E-state index contributed by atoms with van der Waals surface area (Å²) >= 11 is 0. The van der Waals surface area contributed by atoms with Gasteiger partial charge in [0.25, 0.3) is 0 Å². The molecule has 0 radical (unpaired) electrons. The number of hydrogen-bond donors (Lipinski definition) is 2. The Hall–Kier alpha value is -0.120. The minimum atomic E-state index is -0.590. The van der Waals surface area contributed by atoms with Gasteiger partial charge < -0.3 is 10.4 Å². The van der Waals surface area contributed by atoms with Crippen molar-refractivity contribution in [2.75, 3.05) is 26.2 Å². The van der Waals surface area contributed by atoms with Crippen LogP contribution in [0.4, 0.5) is 0 Å². The molecule has 1 atom stereocenters. The average molecular weight is 228 g/mol. The monoisotopic (exact) mass is 228 g/mol. The normalized spacial score (nSPS) is 22.3. The Kier molecular flexibility index (Phi) is 5.22. The molecular formula is C13H28N2O. The molecule has 0 aliphatic carbocycles. The van der Waals surface area contributed by atoms with Crippen molar-refractivity contribution in [1.29, 1.82) is 0 Å². The van der Waals surface area contributed by atoms with Gasteiger partial charge in [-0.05, 0) is 39.2 Å². The first-order valence-corrected chi connectivity index (χ1v) is 6.55. The van der Waals surface area contributed by atoms with Crippen LogP contribution in [0.1, 0.15) is 40.5 Å². The van der Waals surface area contributed by atoms with E-state index in [2.05, 4.69) is 24.1 Å². The van der Waals surface area contributed by atoms with E-state index in [0.29, 0.717) is 12.0 Å². The highest BCUT2D eigenvalue weighted by atomic mass is 16.3. The van der Waals surface area contributed by atoms with E-state index in [1.165, 1.54) is 12.8 Å². The van der Waals surface area contributed by atoms with E-state index in [4.69, 9.17) is 0 Å². The quantitative estimate of drug-likeness (QED) is 0.722. The van der Waals surface area contributed by atoms with Crippen LogP contribution in [0.3, 0.4) is 0 Å². The van der Waals surface area contributed by atoms with Gasteiger partial charge >= 0.3 is 0 Å². The van der Waals surface area contributed by atoms with Gasteiger partial charge in [0.1, 0.15) is 0 Å². The van der Waals surface area contributed by atoms with Gasteiger partial charge in [0, 0.05) is 25.7 Å². The summed E-state index contributed by atoms with van der Waals surface area (Å²) in [5.41, 5.74) is -0.590. The molecule has 0 aromatic rings. The molecule has 0 aromatic carbocycles. The van der Waals surface area contributed by atoms with Gasteiger partial charge in [0.15, 0.2) is 0 Å². The molecule has 1 rings (SSSR count). The van der Waals surface area contributed by atoms with Crippen molar-refractivity contribution in [1.82, 2.24) is 10.2 Å². The van der Waals surface area contributed by atoms with E-state index < -0.39 is 5.60 Å². The van der Waals surface area contributed by atoms with Gasteiger partial charge in [0.2, 0.25) is 0 Å². The van der Waals surface area contributed by atoms with Crippen molar-refractivity contribution >= 4 is 0 Å². The van der Waals surface area contributed by atoms with Gasteiger partial charge in [-0.3, -0.25) is 4.90 Å². The smallest absolute Gasteiger partial charge is 0.0718 e. The highest BCUT2D eigenvalue weighted by molar-refractivity contribution is 4.81. The van der Waals surface area contributed by atoms with Crippen LogP contribution in [0.2, 0.25) is 0 Å². The Morgan fingerprint density at radius 1 is 1.44 bits per heavy atom. The second-order valence-electron chi connectivity index (χ2n) is 6.19. The number of nitrogens with zero attached hydrogens (tertiary/aromatic N) is 1. The van der Waals surface area contributed by atoms with Gasteiger partial charge in [0.05, 0.1) is 5.60 Å². The molecule has 1 aliphatic rings. The van der Waals surface area contributed by atoms with E-state index in [1.54, 1.807) is 0 Å². The van der Waals surface area contributed by atoms with Crippen molar-refractivity contribution in [3.05, 3.63) is 0 Å². The minimum Gasteiger partial charge on any atom is -0.389 e. The fourth-order valence-electron chi connectivity index (χ4n) is 2.49. The second kappa shape index (κ2) is 5.99. The van der Waals surface area contributed by atoms with Gasteiger partial charge in [-0.1, -0.05) is 13.8 Å². The molecule has 3 heteroatoms. The third-order valence-electron chi connectivity index (χ3n) is 2.87.